The van der Waals surface area contributed by atoms with E-state index in [1.165, 1.54) is 49.4 Å². The second-order valence-electron chi connectivity index (χ2n) is 10.1. The summed E-state index contributed by atoms with van der Waals surface area (Å²) in [5, 5.41) is 5.20. The summed E-state index contributed by atoms with van der Waals surface area (Å²) in [6, 6.07) is 46.8. The molecule has 6 aromatic carbocycles. The summed E-state index contributed by atoms with van der Waals surface area (Å²) in [5.74, 6) is 0.917. The minimum atomic E-state index is 0.210. The third-order valence-corrected chi connectivity index (χ3v) is 6.62. The maximum atomic E-state index is 5.49. The summed E-state index contributed by atoms with van der Waals surface area (Å²) in [7, 11) is 0. The standard InChI is InChI=1S/C19H13O.C16H13.C2H6Si.Zr/c1-2-6-14(7-3-1)17-9-4-8-15-12-16(13-18(15)17)19-10-5-11-20-19;1-12-10-14-8-5-9-15(16(14)11-12)13-6-3-2-4-7-13;1-3-2;/h1-13H;2-11H,1H3;1-2H3;/q2*-1;;+2. The molecule has 7 rings (SSSR count). The average Bonchev–Trinajstić information content (AvgIpc) is 3.72. The topological polar surface area (TPSA) is 13.1 Å². The quantitative estimate of drug-likeness (QED) is 0.143. The number of benzene rings is 4. The Kier molecular flexibility index (Phi) is 9.26. The van der Waals surface area contributed by atoms with Crippen molar-refractivity contribution in [1.29, 1.82) is 0 Å². The van der Waals surface area contributed by atoms with Gasteiger partial charge in [0.2, 0.25) is 0 Å². The number of furan rings is 1. The number of rotatable bonds is 3. The van der Waals surface area contributed by atoms with Gasteiger partial charge < -0.3 is 4.42 Å². The normalized spacial score (nSPS) is 10.5. The van der Waals surface area contributed by atoms with Crippen LogP contribution in [0.2, 0.25) is 13.1 Å². The van der Waals surface area contributed by atoms with E-state index in [0.717, 1.165) is 11.3 Å². The van der Waals surface area contributed by atoms with E-state index >= 15 is 0 Å². The van der Waals surface area contributed by atoms with Crippen LogP contribution in [0.15, 0.2) is 144 Å². The van der Waals surface area contributed by atoms with Crippen LogP contribution in [-0.2, 0) is 23.3 Å². The predicted molar refractivity (Wildman–Crippen MR) is 170 cm³/mol. The molecule has 0 unspecified atom stereocenters. The number of fused-ring (bicyclic) bond motifs is 2. The molecule has 0 aliphatic carbocycles. The first-order chi connectivity index (χ1) is 19.5. The van der Waals surface area contributed by atoms with E-state index in [1.807, 2.05) is 18.2 Å². The number of aryl methyl sites for hydroxylation is 1. The molecule has 0 spiro atoms. The summed E-state index contributed by atoms with van der Waals surface area (Å²) in [6.45, 7) is 6.76. The second-order valence-corrected chi connectivity index (χ2v) is 19.5. The maximum absolute atomic E-state index is 5.49. The molecule has 0 bridgehead atoms. The largest absolute Gasteiger partial charge is 0.499 e. The smallest absolute Gasteiger partial charge is 0.0796 e. The van der Waals surface area contributed by atoms with Crippen LogP contribution >= 0.6 is 0 Å². The van der Waals surface area contributed by atoms with E-state index in [0.29, 0.717) is 0 Å². The number of hydrogen-bond donors (Lipinski definition) is 0. The molecule has 1 aromatic heterocycles. The Morgan fingerprint density at radius 3 is 1.65 bits per heavy atom. The molecule has 0 atom stereocenters. The van der Waals surface area contributed by atoms with Crippen molar-refractivity contribution in [1.82, 2.24) is 0 Å². The van der Waals surface area contributed by atoms with Gasteiger partial charge in [-0.1, -0.05) is 109 Å². The van der Waals surface area contributed by atoms with Crippen molar-refractivity contribution in [2.24, 2.45) is 0 Å². The predicted octanol–water partition coefficient (Wildman–Crippen LogP) is 10.8. The van der Waals surface area contributed by atoms with E-state index in [2.05, 4.69) is 135 Å². The van der Waals surface area contributed by atoms with E-state index in [9.17, 15) is 0 Å². The molecule has 0 aliphatic rings. The SMILES string of the molecule is C[Si](C)=[Zr+2].Cc1cc2c(-c3ccccc3)cccc2[cH-]1.c1ccc(-c2cccc3[cH-]c(-c4ccco4)cc23)cc1. The first kappa shape index (κ1) is 28.0. The summed E-state index contributed by atoms with van der Waals surface area (Å²) in [5.41, 5.74) is 7.80. The van der Waals surface area contributed by atoms with Gasteiger partial charge in [0.1, 0.15) is 0 Å². The molecule has 0 fully saturated rings. The molecule has 0 saturated carbocycles. The molecular weight excluding hydrogens is 580 g/mol. The van der Waals surface area contributed by atoms with Gasteiger partial charge in [-0.2, -0.15) is 6.07 Å². The Morgan fingerprint density at radius 2 is 1.12 bits per heavy atom. The van der Waals surface area contributed by atoms with Crippen molar-refractivity contribution in [2.45, 2.75) is 20.0 Å². The van der Waals surface area contributed by atoms with Gasteiger partial charge in [-0.25, -0.2) is 0 Å². The van der Waals surface area contributed by atoms with Gasteiger partial charge >= 0.3 is 41.9 Å². The molecule has 3 heteroatoms. The Balaban J connectivity index is 0.000000145. The molecule has 1 heterocycles. The fourth-order valence-corrected chi connectivity index (χ4v) is 4.94. The van der Waals surface area contributed by atoms with Crippen LogP contribution in [0.1, 0.15) is 5.56 Å². The fourth-order valence-electron chi connectivity index (χ4n) is 4.94. The van der Waals surface area contributed by atoms with Crippen LogP contribution in [-0.4, -0.2) is 5.43 Å². The van der Waals surface area contributed by atoms with Crippen LogP contribution in [0.25, 0.3) is 55.1 Å². The Labute approximate surface area is 252 Å². The van der Waals surface area contributed by atoms with Crippen LogP contribution in [0.4, 0.5) is 0 Å². The van der Waals surface area contributed by atoms with Gasteiger partial charge in [0.25, 0.3) is 0 Å². The third kappa shape index (κ3) is 6.78. The Bertz CT molecular complexity index is 1820. The van der Waals surface area contributed by atoms with Gasteiger partial charge in [0, 0.05) is 0 Å². The summed E-state index contributed by atoms with van der Waals surface area (Å²) >= 11 is 1.74. The molecule has 0 N–H and O–H groups in total. The Morgan fingerprint density at radius 1 is 0.600 bits per heavy atom. The first-order valence-electron chi connectivity index (χ1n) is 13.5. The zero-order valence-corrected chi connectivity index (χ0v) is 26.6. The Hall–Kier alpha value is -3.52. The molecule has 0 saturated heterocycles. The zero-order chi connectivity index (χ0) is 27.9. The molecule has 1 nitrogen and oxygen atoms in total. The zero-order valence-electron chi connectivity index (χ0n) is 23.2. The van der Waals surface area contributed by atoms with Gasteiger partial charge in [-0.05, 0) is 17.2 Å². The van der Waals surface area contributed by atoms with Crippen LogP contribution in [0, 0.1) is 6.92 Å². The van der Waals surface area contributed by atoms with E-state index in [4.69, 9.17) is 4.42 Å². The van der Waals surface area contributed by atoms with E-state index < -0.39 is 0 Å². The molecule has 0 aliphatic heterocycles. The van der Waals surface area contributed by atoms with Crippen molar-refractivity contribution in [2.75, 3.05) is 0 Å². The summed E-state index contributed by atoms with van der Waals surface area (Å²) < 4.78 is 5.49. The van der Waals surface area contributed by atoms with Crippen LogP contribution < -0.4 is 0 Å². The van der Waals surface area contributed by atoms with Gasteiger partial charge in [-0.15, -0.1) is 63.5 Å². The van der Waals surface area contributed by atoms with Crippen molar-refractivity contribution < 1.29 is 27.8 Å². The maximum Gasteiger partial charge on any atom is 0.0796 e. The average molecular weight is 612 g/mol. The summed E-state index contributed by atoms with van der Waals surface area (Å²) in [6.07, 6.45) is 1.71. The fraction of sp³-hybridized carbons (Fsp3) is 0.0811. The number of hydrogen-bond acceptors (Lipinski definition) is 1. The minimum Gasteiger partial charge on any atom is -0.499 e. The minimum absolute atomic E-state index is 0.210. The van der Waals surface area contributed by atoms with E-state index in [-0.39, 0.29) is 5.43 Å². The van der Waals surface area contributed by atoms with Crippen LogP contribution in [0.5, 0.6) is 0 Å². The molecule has 194 valence electrons. The van der Waals surface area contributed by atoms with Crippen molar-refractivity contribution in [3.63, 3.8) is 0 Å². The van der Waals surface area contributed by atoms with Crippen molar-refractivity contribution in [3.8, 4) is 33.6 Å². The molecule has 0 amide bonds. The third-order valence-electron chi connectivity index (χ3n) is 6.62. The van der Waals surface area contributed by atoms with E-state index in [1.54, 1.807) is 29.6 Å². The van der Waals surface area contributed by atoms with Crippen molar-refractivity contribution in [3.05, 3.63) is 145 Å². The molecular formula is C37H32OSiZr. The summed E-state index contributed by atoms with van der Waals surface area (Å²) in [4.78, 5) is 0. The molecule has 40 heavy (non-hydrogen) atoms. The molecule has 0 radical (unpaired) electrons. The first-order valence-corrected chi connectivity index (χ1v) is 19.7. The second kappa shape index (κ2) is 13.2. The van der Waals surface area contributed by atoms with Crippen LogP contribution in [0.3, 0.4) is 0 Å². The van der Waals surface area contributed by atoms with Gasteiger partial charge in [-0.3, -0.25) is 0 Å². The monoisotopic (exact) mass is 610 g/mol. The van der Waals surface area contributed by atoms with Gasteiger partial charge in [0.15, 0.2) is 0 Å². The van der Waals surface area contributed by atoms with Crippen molar-refractivity contribution >= 4 is 27.0 Å². The van der Waals surface area contributed by atoms with Gasteiger partial charge in [0.05, 0.1) is 12.0 Å². The molecule has 7 aromatic rings.